The van der Waals surface area contributed by atoms with Gasteiger partial charge in [-0.05, 0) is 25.0 Å². The highest BCUT2D eigenvalue weighted by atomic mass is 16.6. The molecule has 1 aromatic carbocycles. The minimum absolute atomic E-state index is 0.332. The van der Waals surface area contributed by atoms with E-state index < -0.39 is 0 Å². The molecule has 0 N–H and O–H groups in total. The molecule has 1 aliphatic rings. The summed E-state index contributed by atoms with van der Waals surface area (Å²) < 4.78 is 10.8. The Bertz CT molecular complexity index is 283. The molecule has 0 bridgehead atoms. The first-order valence-electron chi connectivity index (χ1n) is 4.58. The van der Waals surface area contributed by atoms with Crippen LogP contribution in [0.25, 0.3) is 0 Å². The fraction of sp³-hybridized carbons (Fsp3) is 0.455. The molecular formula is C11H14O2. The lowest BCUT2D eigenvalue weighted by atomic mass is 10.1. The Morgan fingerprint density at radius 3 is 2.54 bits per heavy atom. The number of benzene rings is 1. The summed E-state index contributed by atoms with van der Waals surface area (Å²) in [4.78, 5) is 0. The standard InChI is InChI=1S/C11H14O2/c1-8-4-3-5-9(2)11(8)13-7-10-6-12-10/h3-5,10H,6-7H2,1-2H3/t10-/m1/s1. The van der Waals surface area contributed by atoms with E-state index in [0.29, 0.717) is 12.7 Å². The van der Waals surface area contributed by atoms with E-state index in [1.165, 1.54) is 11.1 Å². The molecule has 1 fully saturated rings. The van der Waals surface area contributed by atoms with Crippen molar-refractivity contribution in [3.05, 3.63) is 29.3 Å². The smallest absolute Gasteiger partial charge is 0.125 e. The summed E-state index contributed by atoms with van der Waals surface area (Å²) in [5.41, 5.74) is 2.39. The third-order valence-corrected chi connectivity index (χ3v) is 2.22. The number of ether oxygens (including phenoxy) is 2. The lowest BCUT2D eigenvalue weighted by Gasteiger charge is -2.10. The molecular weight excluding hydrogens is 164 g/mol. The van der Waals surface area contributed by atoms with Gasteiger partial charge in [0.15, 0.2) is 0 Å². The quantitative estimate of drug-likeness (QED) is 0.661. The highest BCUT2D eigenvalue weighted by molar-refractivity contribution is 5.39. The van der Waals surface area contributed by atoms with Gasteiger partial charge in [0.05, 0.1) is 6.61 Å². The normalized spacial score (nSPS) is 20.0. The Balaban J connectivity index is 2.07. The number of hydrogen-bond acceptors (Lipinski definition) is 2. The van der Waals surface area contributed by atoms with E-state index in [-0.39, 0.29) is 0 Å². The maximum atomic E-state index is 5.67. The highest BCUT2D eigenvalue weighted by Crippen LogP contribution is 2.23. The molecule has 0 amide bonds. The zero-order valence-corrected chi connectivity index (χ0v) is 8.04. The molecule has 2 nitrogen and oxygen atoms in total. The topological polar surface area (TPSA) is 21.8 Å². The molecule has 70 valence electrons. The van der Waals surface area contributed by atoms with Crippen LogP contribution >= 0.6 is 0 Å². The van der Waals surface area contributed by atoms with Gasteiger partial charge >= 0.3 is 0 Å². The first kappa shape index (κ1) is 8.57. The van der Waals surface area contributed by atoms with E-state index in [2.05, 4.69) is 26.0 Å². The number of aryl methyl sites for hydroxylation is 2. The zero-order chi connectivity index (χ0) is 9.26. The van der Waals surface area contributed by atoms with Crippen molar-refractivity contribution in [1.82, 2.24) is 0 Å². The van der Waals surface area contributed by atoms with E-state index in [1.807, 2.05) is 6.07 Å². The Kier molecular flexibility index (Phi) is 2.23. The number of rotatable bonds is 3. The number of epoxide rings is 1. The monoisotopic (exact) mass is 178 g/mol. The van der Waals surface area contributed by atoms with Crippen molar-refractivity contribution in [3.8, 4) is 5.75 Å². The Hall–Kier alpha value is -1.02. The average molecular weight is 178 g/mol. The first-order chi connectivity index (χ1) is 6.27. The van der Waals surface area contributed by atoms with E-state index in [4.69, 9.17) is 9.47 Å². The van der Waals surface area contributed by atoms with E-state index in [0.717, 1.165) is 12.4 Å². The Morgan fingerprint density at radius 1 is 1.38 bits per heavy atom. The Morgan fingerprint density at radius 2 is 2.00 bits per heavy atom. The third kappa shape index (κ3) is 2.01. The Labute approximate surface area is 78.5 Å². The number of hydrogen-bond donors (Lipinski definition) is 0. The van der Waals surface area contributed by atoms with Gasteiger partial charge in [0.25, 0.3) is 0 Å². The molecule has 1 aromatic rings. The fourth-order valence-electron chi connectivity index (χ4n) is 1.37. The maximum Gasteiger partial charge on any atom is 0.125 e. The molecule has 2 rings (SSSR count). The van der Waals surface area contributed by atoms with E-state index in [1.54, 1.807) is 0 Å². The molecule has 0 spiro atoms. The second kappa shape index (κ2) is 3.38. The summed E-state index contributed by atoms with van der Waals surface area (Å²) in [5, 5.41) is 0. The summed E-state index contributed by atoms with van der Waals surface area (Å²) in [7, 11) is 0. The molecule has 1 saturated heterocycles. The van der Waals surface area contributed by atoms with Crippen molar-refractivity contribution in [1.29, 1.82) is 0 Å². The van der Waals surface area contributed by atoms with Gasteiger partial charge < -0.3 is 9.47 Å². The lowest BCUT2D eigenvalue weighted by molar-refractivity contribution is 0.260. The maximum absolute atomic E-state index is 5.67. The van der Waals surface area contributed by atoms with Gasteiger partial charge in [0.2, 0.25) is 0 Å². The lowest BCUT2D eigenvalue weighted by Crippen LogP contribution is -2.06. The van der Waals surface area contributed by atoms with Crippen LogP contribution in [0.2, 0.25) is 0 Å². The molecule has 0 saturated carbocycles. The second-order valence-corrected chi connectivity index (χ2v) is 3.49. The van der Waals surface area contributed by atoms with Crippen LogP contribution in [-0.4, -0.2) is 19.3 Å². The minimum Gasteiger partial charge on any atom is -0.490 e. The van der Waals surface area contributed by atoms with Crippen LogP contribution in [0.1, 0.15) is 11.1 Å². The third-order valence-electron chi connectivity index (χ3n) is 2.22. The van der Waals surface area contributed by atoms with Crippen molar-refractivity contribution in [3.63, 3.8) is 0 Å². The molecule has 2 heteroatoms. The molecule has 1 heterocycles. The summed E-state index contributed by atoms with van der Waals surface area (Å²) in [5.74, 6) is 1.01. The highest BCUT2D eigenvalue weighted by Gasteiger charge is 2.23. The molecule has 1 aliphatic heterocycles. The largest absolute Gasteiger partial charge is 0.490 e. The summed E-state index contributed by atoms with van der Waals surface area (Å²) in [6, 6.07) is 6.18. The number of para-hydroxylation sites is 1. The van der Waals surface area contributed by atoms with Crippen molar-refractivity contribution in [2.45, 2.75) is 20.0 Å². The van der Waals surface area contributed by atoms with Crippen LogP contribution in [0, 0.1) is 13.8 Å². The molecule has 0 unspecified atom stereocenters. The molecule has 0 aromatic heterocycles. The van der Waals surface area contributed by atoms with E-state index >= 15 is 0 Å². The van der Waals surface area contributed by atoms with E-state index in [9.17, 15) is 0 Å². The molecule has 13 heavy (non-hydrogen) atoms. The minimum atomic E-state index is 0.332. The van der Waals surface area contributed by atoms with Gasteiger partial charge in [-0.3, -0.25) is 0 Å². The van der Waals surface area contributed by atoms with Crippen LogP contribution in [0.15, 0.2) is 18.2 Å². The molecule has 0 aliphatic carbocycles. The van der Waals surface area contributed by atoms with Gasteiger partial charge in [-0.1, -0.05) is 18.2 Å². The van der Waals surface area contributed by atoms with Crippen molar-refractivity contribution in [2.24, 2.45) is 0 Å². The van der Waals surface area contributed by atoms with Crippen LogP contribution < -0.4 is 4.74 Å². The van der Waals surface area contributed by atoms with Crippen LogP contribution in [0.5, 0.6) is 5.75 Å². The van der Waals surface area contributed by atoms with Crippen LogP contribution in [0.4, 0.5) is 0 Å². The van der Waals surface area contributed by atoms with Crippen LogP contribution in [-0.2, 0) is 4.74 Å². The first-order valence-corrected chi connectivity index (χ1v) is 4.58. The van der Waals surface area contributed by atoms with Crippen molar-refractivity contribution in [2.75, 3.05) is 13.2 Å². The predicted octanol–water partition coefficient (Wildman–Crippen LogP) is 2.08. The van der Waals surface area contributed by atoms with Crippen molar-refractivity contribution < 1.29 is 9.47 Å². The second-order valence-electron chi connectivity index (χ2n) is 3.49. The zero-order valence-electron chi connectivity index (χ0n) is 8.04. The SMILES string of the molecule is Cc1cccc(C)c1OC[C@H]1CO1. The van der Waals surface area contributed by atoms with Gasteiger partial charge in [0.1, 0.15) is 18.5 Å². The summed E-state index contributed by atoms with van der Waals surface area (Å²) in [6.45, 7) is 5.67. The van der Waals surface area contributed by atoms with Gasteiger partial charge in [0, 0.05) is 0 Å². The van der Waals surface area contributed by atoms with Crippen molar-refractivity contribution >= 4 is 0 Å². The average Bonchev–Trinajstić information content (AvgIpc) is 2.87. The van der Waals surface area contributed by atoms with Gasteiger partial charge in [-0.25, -0.2) is 0 Å². The molecule has 1 atom stereocenters. The van der Waals surface area contributed by atoms with Crippen LogP contribution in [0.3, 0.4) is 0 Å². The predicted molar refractivity (Wildman–Crippen MR) is 51.2 cm³/mol. The fourth-order valence-corrected chi connectivity index (χ4v) is 1.37. The van der Waals surface area contributed by atoms with Gasteiger partial charge in [-0.15, -0.1) is 0 Å². The summed E-state index contributed by atoms with van der Waals surface area (Å²) in [6.07, 6.45) is 0.332. The van der Waals surface area contributed by atoms with Gasteiger partial charge in [-0.2, -0.15) is 0 Å². The molecule has 0 radical (unpaired) electrons. The summed E-state index contributed by atoms with van der Waals surface area (Å²) >= 11 is 0.